The van der Waals surface area contributed by atoms with Crippen LogP contribution in [-0.2, 0) is 4.79 Å². The molecule has 31 heavy (non-hydrogen) atoms. The van der Waals surface area contributed by atoms with Crippen LogP contribution in [0.2, 0.25) is 0 Å². The average molecular weight is 434 g/mol. The van der Waals surface area contributed by atoms with Gasteiger partial charge in [0, 0.05) is 17.3 Å². The van der Waals surface area contributed by atoms with Gasteiger partial charge in [-0.25, -0.2) is 0 Å². The van der Waals surface area contributed by atoms with E-state index in [0.717, 1.165) is 36.7 Å². The van der Waals surface area contributed by atoms with Crippen molar-refractivity contribution in [2.24, 2.45) is 5.92 Å². The predicted molar refractivity (Wildman–Crippen MR) is 126 cm³/mol. The molecule has 0 spiro atoms. The molecule has 1 unspecified atom stereocenters. The topological polar surface area (TPSA) is 61.4 Å². The molecule has 2 amide bonds. The molecule has 0 radical (unpaired) electrons. The first-order valence-corrected chi connectivity index (χ1v) is 12.0. The molecule has 1 aliphatic carbocycles. The molecule has 1 atom stereocenters. The summed E-state index contributed by atoms with van der Waals surface area (Å²) in [4.78, 5) is 29.5. The minimum Gasteiger partial charge on any atom is -0.350 e. The molecule has 2 N–H and O–H groups in total. The van der Waals surface area contributed by atoms with E-state index in [1.54, 1.807) is 11.3 Å². The number of carbonyl (C=O) groups excluding carboxylic acids is 2. The van der Waals surface area contributed by atoms with E-state index in [1.807, 2.05) is 36.4 Å². The van der Waals surface area contributed by atoms with Crippen molar-refractivity contribution >= 4 is 39.6 Å². The molecule has 1 aliphatic heterocycles. The highest BCUT2D eigenvalue weighted by Gasteiger charge is 2.31. The standard InChI is InChI=1S/C25H27N3O2S/c29-24(17-9-10-17)27-21-15-19-7-2-1-6-18(19)14-20(21)25(30)26-16-22(23-8-5-13-31-23)28-11-3-4-12-28/h1-2,5-8,13-15,17,22H,3-4,9-12,16H2,(H,26,30)(H,27,29). The van der Waals surface area contributed by atoms with Crippen LogP contribution in [0, 0.1) is 5.92 Å². The third-order valence-electron chi connectivity index (χ3n) is 6.25. The molecule has 1 saturated carbocycles. The monoisotopic (exact) mass is 433 g/mol. The average Bonchev–Trinajstić information content (AvgIpc) is 3.24. The van der Waals surface area contributed by atoms with Gasteiger partial charge < -0.3 is 10.6 Å². The first-order chi connectivity index (χ1) is 15.2. The number of rotatable bonds is 7. The van der Waals surface area contributed by atoms with Gasteiger partial charge >= 0.3 is 0 Å². The van der Waals surface area contributed by atoms with E-state index in [2.05, 4.69) is 33.0 Å². The second kappa shape index (κ2) is 8.81. The van der Waals surface area contributed by atoms with Gasteiger partial charge in [0.2, 0.25) is 5.91 Å². The molecule has 5 rings (SSSR count). The molecule has 0 bridgehead atoms. The zero-order valence-electron chi connectivity index (χ0n) is 17.5. The Morgan fingerprint density at radius 1 is 1.03 bits per heavy atom. The Kier molecular flexibility index (Phi) is 5.74. The molecule has 5 nitrogen and oxygen atoms in total. The summed E-state index contributed by atoms with van der Waals surface area (Å²) in [6, 6.07) is 16.2. The van der Waals surface area contributed by atoms with Gasteiger partial charge in [-0.15, -0.1) is 11.3 Å². The fraction of sp³-hybridized carbons (Fsp3) is 0.360. The molecule has 6 heteroatoms. The van der Waals surface area contributed by atoms with Crippen LogP contribution in [0.5, 0.6) is 0 Å². The van der Waals surface area contributed by atoms with Crippen molar-refractivity contribution in [3.05, 3.63) is 64.4 Å². The highest BCUT2D eigenvalue weighted by atomic mass is 32.1. The Morgan fingerprint density at radius 2 is 1.77 bits per heavy atom. The molecule has 2 aliphatic rings. The first kappa shape index (κ1) is 20.2. The number of nitrogens with zero attached hydrogens (tertiary/aromatic N) is 1. The van der Waals surface area contributed by atoms with E-state index in [1.165, 1.54) is 17.7 Å². The van der Waals surface area contributed by atoms with E-state index >= 15 is 0 Å². The van der Waals surface area contributed by atoms with E-state index in [9.17, 15) is 9.59 Å². The van der Waals surface area contributed by atoms with Gasteiger partial charge in [0.15, 0.2) is 0 Å². The van der Waals surface area contributed by atoms with Crippen molar-refractivity contribution in [2.45, 2.75) is 31.7 Å². The van der Waals surface area contributed by atoms with Crippen LogP contribution in [0.4, 0.5) is 5.69 Å². The number of hydrogen-bond donors (Lipinski definition) is 2. The number of nitrogens with one attached hydrogen (secondary N) is 2. The highest BCUT2D eigenvalue weighted by molar-refractivity contribution is 7.10. The van der Waals surface area contributed by atoms with Crippen molar-refractivity contribution in [1.82, 2.24) is 10.2 Å². The number of fused-ring (bicyclic) bond motifs is 1. The third-order valence-corrected chi connectivity index (χ3v) is 7.22. The summed E-state index contributed by atoms with van der Waals surface area (Å²) in [7, 11) is 0. The number of hydrogen-bond acceptors (Lipinski definition) is 4. The number of carbonyl (C=O) groups is 2. The quantitative estimate of drug-likeness (QED) is 0.562. The fourth-order valence-corrected chi connectivity index (χ4v) is 5.20. The Hall–Kier alpha value is -2.70. The lowest BCUT2D eigenvalue weighted by Gasteiger charge is -2.27. The molecular weight excluding hydrogens is 406 g/mol. The second-order valence-electron chi connectivity index (χ2n) is 8.49. The number of likely N-dealkylation sites (tertiary alicyclic amines) is 1. The molecule has 3 aromatic rings. The van der Waals surface area contributed by atoms with E-state index in [4.69, 9.17) is 0 Å². The van der Waals surface area contributed by atoms with E-state index in [0.29, 0.717) is 17.8 Å². The smallest absolute Gasteiger partial charge is 0.253 e. The van der Waals surface area contributed by atoms with Crippen LogP contribution in [0.3, 0.4) is 0 Å². The zero-order valence-corrected chi connectivity index (χ0v) is 18.3. The Labute approximate surface area is 186 Å². The van der Waals surface area contributed by atoms with Crippen LogP contribution in [-0.4, -0.2) is 36.3 Å². The lowest BCUT2D eigenvalue weighted by atomic mass is 10.0. The maximum atomic E-state index is 13.3. The van der Waals surface area contributed by atoms with Gasteiger partial charge in [-0.3, -0.25) is 14.5 Å². The van der Waals surface area contributed by atoms with E-state index in [-0.39, 0.29) is 23.8 Å². The van der Waals surface area contributed by atoms with Gasteiger partial charge in [-0.2, -0.15) is 0 Å². The van der Waals surface area contributed by atoms with Crippen LogP contribution in [0.15, 0.2) is 53.9 Å². The molecule has 2 fully saturated rings. The summed E-state index contributed by atoms with van der Waals surface area (Å²) in [6.07, 6.45) is 4.27. The Bertz CT molecular complexity index is 1090. The zero-order chi connectivity index (χ0) is 21.2. The van der Waals surface area contributed by atoms with Crippen molar-refractivity contribution in [1.29, 1.82) is 0 Å². The highest BCUT2D eigenvalue weighted by Crippen LogP contribution is 2.32. The Balaban J connectivity index is 1.39. The lowest BCUT2D eigenvalue weighted by molar-refractivity contribution is -0.117. The van der Waals surface area contributed by atoms with Crippen molar-refractivity contribution in [3.8, 4) is 0 Å². The van der Waals surface area contributed by atoms with Crippen LogP contribution in [0.25, 0.3) is 10.8 Å². The summed E-state index contributed by atoms with van der Waals surface area (Å²) >= 11 is 1.74. The van der Waals surface area contributed by atoms with Gasteiger partial charge in [-0.1, -0.05) is 30.3 Å². The van der Waals surface area contributed by atoms with Gasteiger partial charge in [0.05, 0.1) is 17.3 Å². The largest absolute Gasteiger partial charge is 0.350 e. The summed E-state index contributed by atoms with van der Waals surface area (Å²) < 4.78 is 0. The van der Waals surface area contributed by atoms with E-state index < -0.39 is 0 Å². The number of thiophene rings is 1. The molecule has 2 aromatic carbocycles. The van der Waals surface area contributed by atoms with Gasteiger partial charge in [0.25, 0.3) is 5.91 Å². The summed E-state index contributed by atoms with van der Waals surface area (Å²) in [5, 5.41) is 10.3. The molecule has 160 valence electrons. The number of anilines is 1. The minimum atomic E-state index is -0.141. The van der Waals surface area contributed by atoms with Gasteiger partial charge in [-0.05, 0) is 73.1 Å². The fourth-order valence-electron chi connectivity index (χ4n) is 4.34. The SMILES string of the molecule is O=C(NCC(c1cccs1)N1CCCC1)c1cc2ccccc2cc1NC(=O)C1CC1. The minimum absolute atomic E-state index is 0.0119. The number of amides is 2. The lowest BCUT2D eigenvalue weighted by Crippen LogP contribution is -2.36. The second-order valence-corrected chi connectivity index (χ2v) is 9.47. The Morgan fingerprint density at radius 3 is 2.45 bits per heavy atom. The maximum absolute atomic E-state index is 13.3. The van der Waals surface area contributed by atoms with Crippen LogP contribution < -0.4 is 10.6 Å². The summed E-state index contributed by atoms with van der Waals surface area (Å²) in [5.41, 5.74) is 1.13. The predicted octanol–water partition coefficient (Wildman–Crippen LogP) is 4.82. The molecule has 1 aromatic heterocycles. The first-order valence-electron chi connectivity index (χ1n) is 11.1. The molecular formula is C25H27N3O2S. The third kappa shape index (κ3) is 4.50. The number of benzene rings is 2. The van der Waals surface area contributed by atoms with Crippen LogP contribution >= 0.6 is 11.3 Å². The van der Waals surface area contributed by atoms with Crippen molar-refractivity contribution < 1.29 is 9.59 Å². The molecule has 1 saturated heterocycles. The van der Waals surface area contributed by atoms with Crippen LogP contribution in [0.1, 0.15) is 47.0 Å². The molecule has 2 heterocycles. The summed E-state index contributed by atoms with van der Waals surface area (Å²) in [5.74, 6) is -0.0452. The summed E-state index contributed by atoms with van der Waals surface area (Å²) in [6.45, 7) is 2.69. The normalized spacial score (nSPS) is 17.5. The maximum Gasteiger partial charge on any atom is 0.253 e. The van der Waals surface area contributed by atoms with Gasteiger partial charge in [0.1, 0.15) is 0 Å². The van der Waals surface area contributed by atoms with Crippen molar-refractivity contribution in [3.63, 3.8) is 0 Å². The van der Waals surface area contributed by atoms with Crippen molar-refractivity contribution in [2.75, 3.05) is 25.0 Å².